The molecule has 3 aromatic rings. The molecule has 0 spiro atoms. The summed E-state index contributed by atoms with van der Waals surface area (Å²) in [6, 6.07) is 10.9. The summed E-state index contributed by atoms with van der Waals surface area (Å²) in [4.78, 5) is 30.2. The van der Waals surface area contributed by atoms with E-state index in [1.165, 1.54) is 12.4 Å². The van der Waals surface area contributed by atoms with Gasteiger partial charge >= 0.3 is 6.18 Å². The van der Waals surface area contributed by atoms with Crippen molar-refractivity contribution < 1.29 is 18.0 Å². The van der Waals surface area contributed by atoms with E-state index in [4.69, 9.17) is 11.6 Å². The number of rotatable bonds is 4. The molecule has 2 heterocycles. The van der Waals surface area contributed by atoms with Crippen LogP contribution in [0.25, 0.3) is 0 Å². The molecule has 1 unspecified atom stereocenters. The third-order valence-electron chi connectivity index (χ3n) is 3.98. The molecule has 0 radical (unpaired) electrons. The molecule has 2 N–H and O–H groups in total. The van der Waals surface area contributed by atoms with Gasteiger partial charge in [-0.2, -0.15) is 13.2 Å². The molecule has 0 aliphatic heterocycles. The Morgan fingerprint density at radius 1 is 1.00 bits per heavy atom. The number of nitrogens with zero attached hydrogens (tertiary/aromatic N) is 1. The highest BCUT2D eigenvalue weighted by molar-refractivity contribution is 6.30. The SMILES string of the molecule is O=C(NC(c1ccncc1)c1ccc(Cl)cc1)c1ccc(C(F)(F)F)[nH]c1=O. The quantitative estimate of drug-likeness (QED) is 0.687. The van der Waals surface area contributed by atoms with Gasteiger partial charge in [0.15, 0.2) is 0 Å². The van der Waals surface area contributed by atoms with Crippen LogP contribution in [0, 0.1) is 0 Å². The van der Waals surface area contributed by atoms with Crippen molar-refractivity contribution in [2.75, 3.05) is 0 Å². The minimum atomic E-state index is -4.71. The number of carbonyl (C=O) groups excluding carboxylic acids is 1. The van der Waals surface area contributed by atoms with E-state index in [1.807, 2.05) is 0 Å². The molecule has 0 bridgehead atoms. The molecule has 0 saturated heterocycles. The van der Waals surface area contributed by atoms with Gasteiger partial charge in [0.05, 0.1) is 6.04 Å². The van der Waals surface area contributed by atoms with Gasteiger partial charge in [-0.05, 0) is 47.5 Å². The molecule has 0 saturated carbocycles. The molecule has 3 rings (SSSR count). The molecule has 9 heteroatoms. The lowest BCUT2D eigenvalue weighted by Crippen LogP contribution is -2.34. The number of aromatic amines is 1. The summed E-state index contributed by atoms with van der Waals surface area (Å²) >= 11 is 5.90. The Morgan fingerprint density at radius 2 is 1.61 bits per heavy atom. The topological polar surface area (TPSA) is 74.8 Å². The number of aromatic nitrogens is 2. The van der Waals surface area contributed by atoms with Gasteiger partial charge in [-0.15, -0.1) is 0 Å². The van der Waals surface area contributed by atoms with Crippen molar-refractivity contribution in [3.63, 3.8) is 0 Å². The third kappa shape index (κ3) is 4.40. The maximum atomic E-state index is 12.7. The van der Waals surface area contributed by atoms with Gasteiger partial charge in [0.1, 0.15) is 11.3 Å². The maximum absolute atomic E-state index is 12.7. The first kappa shape index (κ1) is 19.6. The van der Waals surface area contributed by atoms with Crippen LogP contribution in [-0.4, -0.2) is 15.9 Å². The van der Waals surface area contributed by atoms with Crippen LogP contribution < -0.4 is 10.9 Å². The highest BCUT2D eigenvalue weighted by atomic mass is 35.5. The van der Waals surface area contributed by atoms with Crippen molar-refractivity contribution in [3.8, 4) is 0 Å². The summed E-state index contributed by atoms with van der Waals surface area (Å²) < 4.78 is 38.1. The minimum Gasteiger partial charge on any atom is -0.341 e. The van der Waals surface area contributed by atoms with Gasteiger partial charge in [0.2, 0.25) is 0 Å². The largest absolute Gasteiger partial charge is 0.431 e. The molecule has 28 heavy (non-hydrogen) atoms. The maximum Gasteiger partial charge on any atom is 0.431 e. The Labute approximate surface area is 162 Å². The van der Waals surface area contributed by atoms with Crippen LogP contribution in [0.5, 0.6) is 0 Å². The molecule has 2 aromatic heterocycles. The zero-order valence-corrected chi connectivity index (χ0v) is 14.9. The van der Waals surface area contributed by atoms with Gasteiger partial charge in [-0.25, -0.2) is 0 Å². The number of amides is 1. The number of hydrogen-bond donors (Lipinski definition) is 2. The van der Waals surface area contributed by atoms with E-state index in [-0.39, 0.29) is 0 Å². The average molecular weight is 408 g/mol. The van der Waals surface area contributed by atoms with Gasteiger partial charge in [0.25, 0.3) is 11.5 Å². The van der Waals surface area contributed by atoms with E-state index >= 15 is 0 Å². The predicted octanol–water partition coefficient (Wildman–Crippen LogP) is 3.96. The summed E-state index contributed by atoms with van der Waals surface area (Å²) in [7, 11) is 0. The number of alkyl halides is 3. The summed E-state index contributed by atoms with van der Waals surface area (Å²) in [5.41, 5.74) is -1.43. The Bertz CT molecular complexity index is 1030. The lowest BCUT2D eigenvalue weighted by molar-refractivity contribution is -0.141. The molecule has 0 fully saturated rings. The number of H-pyrrole nitrogens is 1. The van der Waals surface area contributed by atoms with E-state index in [1.54, 1.807) is 41.4 Å². The zero-order chi connectivity index (χ0) is 20.3. The monoisotopic (exact) mass is 407 g/mol. The smallest absolute Gasteiger partial charge is 0.341 e. The van der Waals surface area contributed by atoms with Gasteiger partial charge in [-0.3, -0.25) is 14.6 Å². The van der Waals surface area contributed by atoms with E-state index < -0.39 is 34.9 Å². The first-order chi connectivity index (χ1) is 13.3. The third-order valence-corrected chi connectivity index (χ3v) is 4.23. The van der Waals surface area contributed by atoms with Crippen LogP contribution in [0.15, 0.2) is 65.7 Å². The van der Waals surface area contributed by atoms with E-state index in [0.717, 1.165) is 6.07 Å². The first-order valence-corrected chi connectivity index (χ1v) is 8.40. The first-order valence-electron chi connectivity index (χ1n) is 8.02. The highest BCUT2D eigenvalue weighted by Crippen LogP contribution is 2.27. The molecule has 0 aliphatic carbocycles. The van der Waals surface area contributed by atoms with E-state index in [9.17, 15) is 22.8 Å². The number of halogens is 4. The van der Waals surface area contributed by atoms with Crippen LogP contribution >= 0.6 is 11.6 Å². The van der Waals surface area contributed by atoms with Gasteiger partial charge < -0.3 is 10.3 Å². The van der Waals surface area contributed by atoms with Crippen molar-refractivity contribution in [2.24, 2.45) is 0 Å². The number of pyridine rings is 2. The number of hydrogen-bond acceptors (Lipinski definition) is 3. The van der Waals surface area contributed by atoms with Crippen LogP contribution in [-0.2, 0) is 6.18 Å². The van der Waals surface area contributed by atoms with Crippen LogP contribution in [0.3, 0.4) is 0 Å². The predicted molar refractivity (Wildman–Crippen MR) is 97.1 cm³/mol. The van der Waals surface area contributed by atoms with Crippen LogP contribution in [0.4, 0.5) is 13.2 Å². The standard InChI is InChI=1S/C19H13ClF3N3O2/c20-13-3-1-11(2-4-13)16(12-7-9-24-10-8-12)26-18(28)14-5-6-15(19(21,22)23)25-17(14)27/h1-10,16H,(H,25,27)(H,26,28). The highest BCUT2D eigenvalue weighted by Gasteiger charge is 2.32. The molecule has 144 valence electrons. The van der Waals surface area contributed by atoms with Crippen molar-refractivity contribution >= 4 is 17.5 Å². The molecular formula is C19H13ClF3N3O2. The normalized spacial score (nSPS) is 12.4. The number of nitrogens with one attached hydrogen (secondary N) is 2. The minimum absolute atomic E-state index is 0.430. The van der Waals surface area contributed by atoms with Crippen molar-refractivity contribution in [2.45, 2.75) is 12.2 Å². The summed E-state index contributed by atoms with van der Waals surface area (Å²) in [6.45, 7) is 0. The second kappa shape index (κ2) is 7.85. The molecule has 1 amide bonds. The lowest BCUT2D eigenvalue weighted by Gasteiger charge is -2.20. The summed E-state index contributed by atoms with van der Waals surface area (Å²) in [5.74, 6) is -0.813. The molecule has 1 atom stereocenters. The van der Waals surface area contributed by atoms with Crippen LogP contribution in [0.2, 0.25) is 5.02 Å². The van der Waals surface area contributed by atoms with Gasteiger partial charge in [0, 0.05) is 17.4 Å². The number of carbonyl (C=O) groups is 1. The van der Waals surface area contributed by atoms with Crippen molar-refractivity contribution in [3.05, 3.63) is 98.7 Å². The fraction of sp³-hybridized carbons (Fsp3) is 0.105. The summed E-state index contributed by atoms with van der Waals surface area (Å²) in [5, 5.41) is 3.18. The van der Waals surface area contributed by atoms with Crippen molar-refractivity contribution in [1.82, 2.24) is 15.3 Å². The van der Waals surface area contributed by atoms with Gasteiger partial charge in [-0.1, -0.05) is 23.7 Å². The Hall–Kier alpha value is -3.13. The van der Waals surface area contributed by atoms with E-state index in [0.29, 0.717) is 22.2 Å². The lowest BCUT2D eigenvalue weighted by atomic mass is 9.99. The molecule has 0 aliphatic rings. The van der Waals surface area contributed by atoms with Crippen molar-refractivity contribution in [1.29, 1.82) is 0 Å². The van der Waals surface area contributed by atoms with E-state index in [2.05, 4.69) is 10.3 Å². The Kier molecular flexibility index (Phi) is 5.51. The molecule has 1 aromatic carbocycles. The molecular weight excluding hydrogens is 395 g/mol. The fourth-order valence-corrected chi connectivity index (χ4v) is 2.72. The average Bonchev–Trinajstić information content (AvgIpc) is 2.66. The Balaban J connectivity index is 1.94. The second-order valence-corrected chi connectivity index (χ2v) is 6.29. The second-order valence-electron chi connectivity index (χ2n) is 5.85. The van der Waals surface area contributed by atoms with Crippen LogP contribution in [0.1, 0.15) is 33.2 Å². The fourth-order valence-electron chi connectivity index (χ4n) is 2.60. The molecule has 5 nitrogen and oxygen atoms in total. The summed E-state index contributed by atoms with van der Waals surface area (Å²) in [6.07, 6.45) is -1.64. The number of benzene rings is 1. The Morgan fingerprint density at radius 3 is 2.18 bits per heavy atom. The zero-order valence-electron chi connectivity index (χ0n) is 14.1.